The Morgan fingerprint density at radius 1 is 0.703 bits per heavy atom. The highest BCUT2D eigenvalue weighted by Crippen LogP contribution is 2.22. The second-order valence-electron chi connectivity index (χ2n) is 8.09. The minimum atomic E-state index is -4.36. The molecule has 0 bridgehead atoms. The summed E-state index contributed by atoms with van der Waals surface area (Å²) in [6.07, 6.45) is 0. The molecule has 11 nitrogen and oxygen atoms in total. The van der Waals surface area contributed by atoms with Gasteiger partial charge in [0.1, 0.15) is 0 Å². The third-order valence-electron chi connectivity index (χ3n) is 5.33. The van der Waals surface area contributed by atoms with Crippen LogP contribution in [-0.2, 0) is 36.7 Å². The molecule has 13 heteroatoms. The number of benzene rings is 3. The van der Waals surface area contributed by atoms with Gasteiger partial charge in [0.15, 0.2) is 0 Å². The van der Waals surface area contributed by atoms with Crippen LogP contribution < -0.4 is 16.3 Å². The Labute approximate surface area is 213 Å². The van der Waals surface area contributed by atoms with E-state index in [-0.39, 0.29) is 32.7 Å². The molecule has 0 aliphatic rings. The van der Waals surface area contributed by atoms with E-state index in [1.807, 2.05) is 0 Å². The number of para-hydroxylation sites is 2. The quantitative estimate of drug-likeness (QED) is 0.383. The van der Waals surface area contributed by atoms with Crippen LogP contribution in [0, 0.1) is 0 Å². The smallest absolute Gasteiger partial charge is 0.285 e. The molecule has 0 fully saturated rings. The number of amides is 2. The van der Waals surface area contributed by atoms with Crippen LogP contribution in [0.3, 0.4) is 0 Å². The van der Waals surface area contributed by atoms with E-state index in [0.717, 1.165) is 3.97 Å². The van der Waals surface area contributed by atoms with Gasteiger partial charge in [-0.05, 0) is 60.7 Å². The maximum atomic E-state index is 13.8. The van der Waals surface area contributed by atoms with Gasteiger partial charge in [0.2, 0.25) is 17.4 Å². The van der Waals surface area contributed by atoms with Crippen molar-refractivity contribution >= 4 is 54.3 Å². The molecule has 0 unspecified atom stereocenters. The fourth-order valence-corrected chi connectivity index (χ4v) is 6.24. The highest BCUT2D eigenvalue weighted by atomic mass is 32.2. The number of nitrogens with zero attached hydrogens (tertiary/aromatic N) is 3. The molecule has 3 aromatic carbocycles. The number of aromatic nitrogens is 2. The first-order chi connectivity index (χ1) is 17.4. The summed E-state index contributed by atoms with van der Waals surface area (Å²) >= 11 is 0. The van der Waals surface area contributed by atoms with Gasteiger partial charge in [-0.3, -0.25) is 9.59 Å². The zero-order valence-electron chi connectivity index (χ0n) is 20.0. The number of nitrogens with one attached hydrogen (secondary N) is 2. The molecule has 0 saturated heterocycles. The van der Waals surface area contributed by atoms with E-state index in [1.54, 1.807) is 24.3 Å². The first-order valence-electron chi connectivity index (χ1n) is 10.9. The van der Waals surface area contributed by atoms with E-state index in [1.165, 1.54) is 74.0 Å². The third kappa shape index (κ3) is 5.17. The molecule has 1 heterocycles. The second-order valence-corrected chi connectivity index (χ2v) is 11.5. The molecule has 2 N–H and O–H groups in total. The molecule has 0 spiro atoms. The highest BCUT2D eigenvalue weighted by Gasteiger charge is 2.25. The monoisotopic (exact) mass is 541 g/mol. The summed E-state index contributed by atoms with van der Waals surface area (Å²) in [4.78, 5) is 22.2. The van der Waals surface area contributed by atoms with Gasteiger partial charge in [0, 0.05) is 32.3 Å². The SMILES string of the molecule is CC(=O)Nc1ccc(S(=O)(=O)N=c2n(C)c3ccccc3n2S(=O)(=O)c2ccc(NC(C)=O)cc2)cc1. The van der Waals surface area contributed by atoms with Crippen LogP contribution in [-0.4, -0.2) is 37.2 Å². The van der Waals surface area contributed by atoms with Crippen molar-refractivity contribution in [2.45, 2.75) is 23.6 Å². The minimum absolute atomic E-state index is 0.128. The van der Waals surface area contributed by atoms with Crippen molar-refractivity contribution in [3.05, 3.63) is 78.4 Å². The summed E-state index contributed by atoms with van der Waals surface area (Å²) in [6.45, 7) is 2.66. The second kappa shape index (κ2) is 9.67. The van der Waals surface area contributed by atoms with E-state index < -0.39 is 20.0 Å². The van der Waals surface area contributed by atoms with Crippen molar-refractivity contribution < 1.29 is 26.4 Å². The molecule has 192 valence electrons. The summed E-state index contributed by atoms with van der Waals surface area (Å²) in [7, 11) is -7.16. The van der Waals surface area contributed by atoms with Crippen LogP contribution in [0.15, 0.2) is 87.0 Å². The largest absolute Gasteiger partial charge is 0.326 e. The molecule has 37 heavy (non-hydrogen) atoms. The van der Waals surface area contributed by atoms with Gasteiger partial charge in [-0.1, -0.05) is 12.1 Å². The Balaban J connectivity index is 1.91. The molecular weight excluding hydrogens is 518 g/mol. The summed E-state index contributed by atoms with van der Waals surface area (Å²) in [6, 6.07) is 17.4. The predicted molar refractivity (Wildman–Crippen MR) is 138 cm³/mol. The first-order valence-corrected chi connectivity index (χ1v) is 13.8. The fraction of sp³-hybridized carbons (Fsp3) is 0.125. The summed E-state index contributed by atoms with van der Waals surface area (Å²) < 4.78 is 60.1. The lowest BCUT2D eigenvalue weighted by atomic mass is 10.3. The summed E-state index contributed by atoms with van der Waals surface area (Å²) in [5.41, 5.74) is 1.14. The molecule has 0 atom stereocenters. The van der Waals surface area contributed by atoms with Gasteiger partial charge >= 0.3 is 0 Å². The highest BCUT2D eigenvalue weighted by molar-refractivity contribution is 7.90. The molecule has 0 saturated carbocycles. The number of fused-ring (bicyclic) bond motifs is 1. The van der Waals surface area contributed by atoms with Crippen LogP contribution in [0.5, 0.6) is 0 Å². The normalized spacial score (nSPS) is 12.5. The van der Waals surface area contributed by atoms with E-state index in [4.69, 9.17) is 0 Å². The van der Waals surface area contributed by atoms with Crippen LogP contribution in [0.4, 0.5) is 11.4 Å². The fourth-order valence-electron chi connectivity index (χ4n) is 3.70. The standard InChI is InChI=1S/C24H23N5O6S2/c1-16(30)25-18-8-12-20(13-9-18)36(32,33)27-24-28(3)22-6-4-5-7-23(22)29(24)37(34,35)21-14-10-19(11-15-21)26-17(2)31/h4-15H,1-3H3,(H,25,30)(H,26,31). The Morgan fingerprint density at radius 3 is 1.65 bits per heavy atom. The van der Waals surface area contributed by atoms with Crippen molar-refractivity contribution in [1.82, 2.24) is 8.54 Å². The van der Waals surface area contributed by atoms with E-state index >= 15 is 0 Å². The lowest BCUT2D eigenvalue weighted by Crippen LogP contribution is -2.31. The molecule has 4 rings (SSSR count). The van der Waals surface area contributed by atoms with E-state index in [9.17, 15) is 26.4 Å². The van der Waals surface area contributed by atoms with Gasteiger partial charge in [-0.2, -0.15) is 12.4 Å². The molecule has 4 aromatic rings. The van der Waals surface area contributed by atoms with E-state index in [2.05, 4.69) is 15.0 Å². The summed E-state index contributed by atoms with van der Waals surface area (Å²) in [5.74, 6) is -0.623. The molecule has 2 amide bonds. The molecule has 0 aliphatic heterocycles. The lowest BCUT2D eigenvalue weighted by Gasteiger charge is -2.09. The van der Waals surface area contributed by atoms with Crippen molar-refractivity contribution in [2.75, 3.05) is 10.6 Å². The molecule has 0 radical (unpaired) electrons. The van der Waals surface area contributed by atoms with Crippen molar-refractivity contribution in [3.63, 3.8) is 0 Å². The molecule has 0 aliphatic carbocycles. The van der Waals surface area contributed by atoms with Crippen LogP contribution in [0.2, 0.25) is 0 Å². The Bertz CT molecular complexity index is 1800. The van der Waals surface area contributed by atoms with Gasteiger partial charge in [0.05, 0.1) is 20.8 Å². The zero-order valence-corrected chi connectivity index (χ0v) is 21.7. The number of hydrogen-bond donors (Lipinski definition) is 2. The maximum absolute atomic E-state index is 13.8. The number of aryl methyl sites for hydroxylation is 1. The average molecular weight is 542 g/mol. The van der Waals surface area contributed by atoms with Gasteiger partial charge in [-0.15, -0.1) is 4.40 Å². The van der Waals surface area contributed by atoms with Crippen LogP contribution >= 0.6 is 0 Å². The predicted octanol–water partition coefficient (Wildman–Crippen LogP) is 2.42. The number of hydrogen-bond acceptors (Lipinski definition) is 6. The van der Waals surface area contributed by atoms with Crippen LogP contribution in [0.25, 0.3) is 11.0 Å². The van der Waals surface area contributed by atoms with Gasteiger partial charge < -0.3 is 15.2 Å². The number of carbonyl (C=O) groups excluding carboxylic acids is 2. The number of imidazole rings is 1. The van der Waals surface area contributed by atoms with Crippen molar-refractivity contribution in [1.29, 1.82) is 0 Å². The number of rotatable bonds is 6. The molecular formula is C24H23N5O6S2. The number of anilines is 2. The Hall–Kier alpha value is -4.23. The first kappa shape index (κ1) is 25.9. The average Bonchev–Trinajstić information content (AvgIpc) is 3.10. The van der Waals surface area contributed by atoms with Gasteiger partial charge in [0.25, 0.3) is 20.0 Å². The maximum Gasteiger partial charge on any atom is 0.285 e. The third-order valence-corrected chi connectivity index (χ3v) is 8.31. The Morgan fingerprint density at radius 2 is 1.16 bits per heavy atom. The van der Waals surface area contributed by atoms with E-state index in [0.29, 0.717) is 16.9 Å². The molecule has 1 aromatic heterocycles. The van der Waals surface area contributed by atoms with Crippen molar-refractivity contribution in [2.24, 2.45) is 11.4 Å². The van der Waals surface area contributed by atoms with Crippen molar-refractivity contribution in [3.8, 4) is 0 Å². The minimum Gasteiger partial charge on any atom is -0.326 e. The zero-order chi connectivity index (χ0) is 27.0. The lowest BCUT2D eigenvalue weighted by molar-refractivity contribution is -0.115. The Kier molecular flexibility index (Phi) is 6.76. The number of sulfonamides is 1. The van der Waals surface area contributed by atoms with Crippen LogP contribution in [0.1, 0.15) is 13.8 Å². The topological polar surface area (TPSA) is 149 Å². The summed E-state index contributed by atoms with van der Waals surface area (Å²) in [5, 5.41) is 5.11. The number of carbonyl (C=O) groups is 2. The van der Waals surface area contributed by atoms with Gasteiger partial charge in [-0.25, -0.2) is 8.42 Å².